The molecular weight excluding hydrogens is 255 g/mol. The molecule has 0 bridgehead atoms. The Morgan fingerprint density at radius 3 is 3.00 bits per heavy atom. The number of aromatic carboxylic acids is 1. The van der Waals surface area contributed by atoms with E-state index in [1.807, 2.05) is 0 Å². The third-order valence-electron chi connectivity index (χ3n) is 1.78. The molecule has 67 valence electrons. The molecule has 0 saturated carbocycles. The van der Waals surface area contributed by atoms with Crippen LogP contribution in [-0.4, -0.2) is 16.1 Å². The predicted molar refractivity (Wildman–Crippen MR) is 47.5 cm³/mol. The van der Waals surface area contributed by atoms with Crippen molar-refractivity contribution in [3.8, 4) is 0 Å². The summed E-state index contributed by atoms with van der Waals surface area (Å²) < 4.78 is 0. The number of carboxylic acid groups (broad SMARTS) is 1. The van der Waals surface area contributed by atoms with Crippen LogP contribution in [-0.2, 0) is 32.7 Å². The largest absolute Gasteiger partial charge is 0.478 e. The van der Waals surface area contributed by atoms with Crippen LogP contribution >= 0.6 is 0 Å². The molecule has 0 atom stereocenters. The van der Waals surface area contributed by atoms with Crippen molar-refractivity contribution in [3.63, 3.8) is 0 Å². The van der Waals surface area contributed by atoms with E-state index in [9.17, 15) is 4.79 Å². The summed E-state index contributed by atoms with van der Waals surface area (Å²) in [7, 11) is 0. The third kappa shape index (κ3) is 2.17. The molecule has 0 amide bonds. The molecule has 1 radical (unpaired) electrons. The molecule has 0 fully saturated rings. The average molecular weight is 261 g/mol. The first kappa shape index (κ1) is 11.3. The Balaban J connectivity index is 0.000000980. The fourth-order valence-corrected chi connectivity index (χ4v) is 1.13. The van der Waals surface area contributed by atoms with Crippen LogP contribution in [0.5, 0.6) is 0 Å². The van der Waals surface area contributed by atoms with Crippen LogP contribution in [0.25, 0.3) is 10.9 Å². The maximum Gasteiger partial charge on any atom is 0.337 e. The SMILES string of the molecule is O=C(O)c1cnc2c[c-]ccc2c1.[Y]. The van der Waals surface area contributed by atoms with Crippen molar-refractivity contribution >= 4 is 16.9 Å². The van der Waals surface area contributed by atoms with Crippen LogP contribution in [0.1, 0.15) is 10.4 Å². The van der Waals surface area contributed by atoms with E-state index >= 15 is 0 Å². The van der Waals surface area contributed by atoms with Gasteiger partial charge in [0.1, 0.15) is 0 Å². The number of nitrogens with zero attached hydrogens (tertiary/aromatic N) is 1. The van der Waals surface area contributed by atoms with Gasteiger partial charge in [-0.15, -0.1) is 5.39 Å². The van der Waals surface area contributed by atoms with Crippen molar-refractivity contribution in [1.29, 1.82) is 0 Å². The standard InChI is InChI=1S/C10H6NO2.Y/c12-10(13)8-5-7-3-1-2-4-9(7)11-6-8;/h1,3-6H,(H,12,13);/q-1;. The summed E-state index contributed by atoms with van der Waals surface area (Å²) in [5, 5.41) is 9.51. The van der Waals surface area contributed by atoms with Crippen molar-refractivity contribution in [2.75, 3.05) is 0 Å². The normalized spacial score (nSPS) is 9.43. The van der Waals surface area contributed by atoms with Gasteiger partial charge < -0.3 is 10.1 Å². The molecule has 1 aromatic heterocycles. The zero-order chi connectivity index (χ0) is 9.26. The molecule has 2 aromatic rings. The van der Waals surface area contributed by atoms with Gasteiger partial charge in [0.15, 0.2) is 0 Å². The van der Waals surface area contributed by atoms with E-state index in [0.717, 1.165) is 10.9 Å². The maximum absolute atomic E-state index is 10.6. The molecule has 0 aliphatic heterocycles. The smallest absolute Gasteiger partial charge is 0.337 e. The van der Waals surface area contributed by atoms with Crippen molar-refractivity contribution in [1.82, 2.24) is 4.98 Å². The monoisotopic (exact) mass is 261 g/mol. The second-order valence-corrected chi connectivity index (χ2v) is 2.65. The molecule has 0 spiro atoms. The Kier molecular flexibility index (Phi) is 3.72. The van der Waals surface area contributed by atoms with Gasteiger partial charge in [0, 0.05) is 38.9 Å². The molecule has 0 aliphatic carbocycles. The van der Waals surface area contributed by atoms with Gasteiger partial charge in [-0.25, -0.2) is 4.79 Å². The van der Waals surface area contributed by atoms with Crippen LogP contribution in [0.3, 0.4) is 0 Å². The summed E-state index contributed by atoms with van der Waals surface area (Å²) in [5.41, 5.74) is 0.964. The fraction of sp³-hybridized carbons (Fsp3) is 0. The quantitative estimate of drug-likeness (QED) is 0.795. The minimum absolute atomic E-state index is 0. The Labute approximate surface area is 106 Å². The molecule has 1 aromatic carbocycles. The van der Waals surface area contributed by atoms with Crippen molar-refractivity contribution < 1.29 is 42.6 Å². The number of carboxylic acids is 1. The number of fused-ring (bicyclic) bond motifs is 1. The van der Waals surface area contributed by atoms with E-state index < -0.39 is 5.97 Å². The van der Waals surface area contributed by atoms with Crippen LogP contribution in [0.2, 0.25) is 0 Å². The van der Waals surface area contributed by atoms with Gasteiger partial charge >= 0.3 is 5.97 Å². The fourth-order valence-electron chi connectivity index (χ4n) is 1.13. The first-order valence-electron chi connectivity index (χ1n) is 3.76. The molecule has 4 heteroatoms. The number of rotatable bonds is 1. The summed E-state index contributed by atoms with van der Waals surface area (Å²) in [6.07, 6.45) is 1.35. The van der Waals surface area contributed by atoms with Gasteiger partial charge in [0.25, 0.3) is 0 Å². The Bertz CT molecular complexity index is 470. The van der Waals surface area contributed by atoms with Crippen LogP contribution in [0.4, 0.5) is 0 Å². The van der Waals surface area contributed by atoms with Crippen molar-refractivity contribution in [3.05, 3.63) is 42.1 Å². The van der Waals surface area contributed by atoms with Crippen molar-refractivity contribution in [2.24, 2.45) is 0 Å². The molecule has 14 heavy (non-hydrogen) atoms. The molecular formula is C10H6NO2Y-. The first-order valence-corrected chi connectivity index (χ1v) is 3.76. The van der Waals surface area contributed by atoms with Crippen LogP contribution in [0.15, 0.2) is 30.5 Å². The molecule has 3 nitrogen and oxygen atoms in total. The third-order valence-corrected chi connectivity index (χ3v) is 1.78. The number of carbonyl (C=O) groups is 1. The van der Waals surface area contributed by atoms with E-state index in [4.69, 9.17) is 5.11 Å². The van der Waals surface area contributed by atoms with Gasteiger partial charge in [0.05, 0.1) is 5.56 Å². The summed E-state index contributed by atoms with van der Waals surface area (Å²) in [5.74, 6) is -0.956. The average Bonchev–Trinajstić information content (AvgIpc) is 2.17. The number of benzene rings is 1. The molecule has 0 unspecified atom stereocenters. The number of hydrogen-bond donors (Lipinski definition) is 1. The second-order valence-electron chi connectivity index (χ2n) is 2.65. The first-order chi connectivity index (χ1) is 6.27. The summed E-state index contributed by atoms with van der Waals surface area (Å²) >= 11 is 0. The zero-order valence-electron chi connectivity index (χ0n) is 7.27. The van der Waals surface area contributed by atoms with E-state index in [1.54, 1.807) is 24.3 Å². The van der Waals surface area contributed by atoms with Crippen LogP contribution in [0, 0.1) is 6.07 Å². The van der Waals surface area contributed by atoms with Gasteiger partial charge in [-0.3, -0.25) is 0 Å². The number of aromatic nitrogens is 1. The molecule has 0 aliphatic rings. The minimum atomic E-state index is -0.956. The molecule has 0 saturated heterocycles. The van der Waals surface area contributed by atoms with Crippen LogP contribution < -0.4 is 0 Å². The van der Waals surface area contributed by atoms with E-state index in [2.05, 4.69) is 11.1 Å². The zero-order valence-corrected chi connectivity index (χ0v) is 10.1. The number of pyridine rings is 1. The maximum atomic E-state index is 10.6. The predicted octanol–water partition coefficient (Wildman–Crippen LogP) is 1.73. The van der Waals surface area contributed by atoms with Crippen molar-refractivity contribution in [2.45, 2.75) is 0 Å². The van der Waals surface area contributed by atoms with Gasteiger partial charge in [-0.1, -0.05) is 6.07 Å². The topological polar surface area (TPSA) is 50.2 Å². The Morgan fingerprint density at radius 2 is 2.29 bits per heavy atom. The molecule has 1 heterocycles. The minimum Gasteiger partial charge on any atom is -0.478 e. The second kappa shape index (κ2) is 4.62. The Morgan fingerprint density at radius 1 is 1.50 bits per heavy atom. The van der Waals surface area contributed by atoms with E-state index in [1.165, 1.54) is 6.20 Å². The summed E-state index contributed by atoms with van der Waals surface area (Å²) in [6, 6.07) is 9.71. The van der Waals surface area contributed by atoms with Gasteiger partial charge in [-0.2, -0.15) is 24.3 Å². The summed E-state index contributed by atoms with van der Waals surface area (Å²) in [6.45, 7) is 0. The molecule has 2 rings (SSSR count). The van der Waals surface area contributed by atoms with Gasteiger partial charge in [0.2, 0.25) is 0 Å². The van der Waals surface area contributed by atoms with E-state index in [-0.39, 0.29) is 38.3 Å². The summed E-state index contributed by atoms with van der Waals surface area (Å²) in [4.78, 5) is 14.6. The Hall–Kier alpha value is -0.796. The number of hydrogen-bond acceptors (Lipinski definition) is 2. The van der Waals surface area contributed by atoms with E-state index in [0.29, 0.717) is 0 Å². The molecule has 1 N–H and O–H groups in total. The van der Waals surface area contributed by atoms with Gasteiger partial charge in [-0.05, 0) is 5.52 Å².